The number of rotatable bonds is 5. The van der Waals surface area contributed by atoms with Crippen LogP contribution in [0.2, 0.25) is 0 Å². The third kappa shape index (κ3) is 2.62. The number of para-hydroxylation sites is 2. The molecular formula is C17H21N3O3. The maximum Gasteiger partial charge on any atom is 0.222 e. The van der Waals surface area contributed by atoms with Crippen LogP contribution in [-0.4, -0.2) is 39.3 Å². The van der Waals surface area contributed by atoms with Gasteiger partial charge in [-0.1, -0.05) is 12.1 Å². The van der Waals surface area contributed by atoms with E-state index in [1.54, 1.807) is 0 Å². The van der Waals surface area contributed by atoms with Crippen molar-refractivity contribution in [2.75, 3.05) is 6.61 Å². The lowest BCUT2D eigenvalue weighted by Gasteiger charge is -2.39. The number of carbonyl (C=O) groups is 1. The number of aromatic nitrogens is 2. The van der Waals surface area contributed by atoms with Gasteiger partial charge in [0.2, 0.25) is 5.91 Å². The largest absolute Gasteiger partial charge is 0.388 e. The normalized spacial score (nSPS) is 26.0. The number of imidazole rings is 1. The van der Waals surface area contributed by atoms with Crippen LogP contribution in [0.15, 0.2) is 24.3 Å². The summed E-state index contributed by atoms with van der Waals surface area (Å²) in [5.74, 6) is 1.16. The van der Waals surface area contributed by atoms with Crippen molar-refractivity contribution < 1.29 is 14.6 Å². The summed E-state index contributed by atoms with van der Waals surface area (Å²) in [6.07, 6.45) is 2.74. The molecule has 0 bridgehead atoms. The number of nitrogens with one attached hydrogen (secondary N) is 1. The Bertz CT molecular complexity index is 727. The Kier molecular flexibility index (Phi) is 3.79. The van der Waals surface area contributed by atoms with Gasteiger partial charge < -0.3 is 19.7 Å². The van der Waals surface area contributed by atoms with Crippen molar-refractivity contribution in [1.29, 1.82) is 0 Å². The number of carbonyl (C=O) groups excluding carboxylic acids is 1. The number of fused-ring (bicyclic) bond motifs is 2. The summed E-state index contributed by atoms with van der Waals surface area (Å²) in [6, 6.07) is 8.01. The number of aliphatic hydroxyl groups excluding tert-OH is 1. The highest BCUT2D eigenvalue weighted by Gasteiger charge is 2.45. The molecule has 23 heavy (non-hydrogen) atoms. The number of aliphatic hydroxyl groups is 1. The van der Waals surface area contributed by atoms with Gasteiger partial charge in [0.15, 0.2) is 0 Å². The van der Waals surface area contributed by atoms with Gasteiger partial charge in [-0.3, -0.25) is 4.79 Å². The van der Waals surface area contributed by atoms with Crippen LogP contribution in [0.5, 0.6) is 0 Å². The van der Waals surface area contributed by atoms with Gasteiger partial charge in [-0.2, -0.15) is 0 Å². The Morgan fingerprint density at radius 3 is 3.13 bits per heavy atom. The lowest BCUT2D eigenvalue weighted by Crippen LogP contribution is -2.53. The van der Waals surface area contributed by atoms with E-state index < -0.39 is 0 Å². The van der Waals surface area contributed by atoms with Gasteiger partial charge in [0.1, 0.15) is 12.4 Å². The predicted octanol–water partition coefficient (Wildman–Crippen LogP) is 1.21. The second-order valence-electron chi connectivity index (χ2n) is 6.35. The molecule has 4 rings (SSSR count). The van der Waals surface area contributed by atoms with Gasteiger partial charge in [0.25, 0.3) is 0 Å². The average Bonchev–Trinajstić information content (AvgIpc) is 3.10. The van der Waals surface area contributed by atoms with Gasteiger partial charge >= 0.3 is 0 Å². The highest BCUT2D eigenvalue weighted by Crippen LogP contribution is 2.38. The monoisotopic (exact) mass is 315 g/mol. The van der Waals surface area contributed by atoms with E-state index in [1.807, 2.05) is 28.8 Å². The maximum absolute atomic E-state index is 12.2. The van der Waals surface area contributed by atoms with Crippen LogP contribution in [0.4, 0.5) is 0 Å². The summed E-state index contributed by atoms with van der Waals surface area (Å²) in [6.45, 7) is 1.22. The van der Waals surface area contributed by atoms with Crippen molar-refractivity contribution in [2.45, 2.75) is 44.6 Å². The van der Waals surface area contributed by atoms with E-state index in [-0.39, 0.29) is 18.6 Å². The van der Waals surface area contributed by atoms with E-state index >= 15 is 0 Å². The zero-order valence-electron chi connectivity index (χ0n) is 12.9. The van der Waals surface area contributed by atoms with E-state index in [2.05, 4.69) is 10.3 Å². The molecule has 2 heterocycles. The van der Waals surface area contributed by atoms with Crippen LogP contribution in [0.25, 0.3) is 11.0 Å². The molecule has 0 unspecified atom stereocenters. The first-order valence-electron chi connectivity index (χ1n) is 8.22. The van der Waals surface area contributed by atoms with Crippen LogP contribution in [0, 0.1) is 5.92 Å². The van der Waals surface area contributed by atoms with Crippen molar-refractivity contribution in [1.82, 2.24) is 14.9 Å². The average molecular weight is 315 g/mol. The number of benzene rings is 1. The molecular weight excluding hydrogens is 294 g/mol. The van der Waals surface area contributed by atoms with Gasteiger partial charge in [-0.25, -0.2) is 4.98 Å². The van der Waals surface area contributed by atoms with Crippen molar-refractivity contribution >= 4 is 16.9 Å². The fraction of sp³-hybridized carbons (Fsp3) is 0.529. The summed E-state index contributed by atoms with van der Waals surface area (Å²) in [5.41, 5.74) is 1.80. The molecule has 2 aliphatic rings. The van der Waals surface area contributed by atoms with Gasteiger partial charge in [0.05, 0.1) is 17.1 Å². The minimum atomic E-state index is -0.125. The number of aryl methyl sites for hydroxylation is 1. The highest BCUT2D eigenvalue weighted by molar-refractivity contribution is 5.78. The SMILES string of the molecule is O=C(CCn1c(CO)nc2ccccc21)N[C@@H]1C[C@H]2OCC[C@@H]12. The smallest absolute Gasteiger partial charge is 0.222 e. The quantitative estimate of drug-likeness (QED) is 0.869. The van der Waals surface area contributed by atoms with Crippen LogP contribution < -0.4 is 5.32 Å². The van der Waals surface area contributed by atoms with E-state index in [4.69, 9.17) is 4.74 Å². The second-order valence-corrected chi connectivity index (χ2v) is 6.35. The first-order valence-corrected chi connectivity index (χ1v) is 8.22. The van der Waals surface area contributed by atoms with Crippen LogP contribution >= 0.6 is 0 Å². The van der Waals surface area contributed by atoms with Gasteiger partial charge in [-0.15, -0.1) is 0 Å². The Hall–Kier alpha value is -1.92. The summed E-state index contributed by atoms with van der Waals surface area (Å²) in [5, 5.41) is 12.6. The van der Waals surface area contributed by atoms with E-state index in [0.29, 0.717) is 30.8 Å². The number of ether oxygens (including phenoxy) is 1. The predicted molar refractivity (Wildman–Crippen MR) is 84.7 cm³/mol. The number of hydrogen-bond donors (Lipinski definition) is 2. The molecule has 2 fully saturated rings. The first-order chi connectivity index (χ1) is 11.3. The topological polar surface area (TPSA) is 76.4 Å². The molecule has 1 saturated carbocycles. The second kappa shape index (κ2) is 5.94. The standard InChI is InChI=1S/C17H21N3O3/c21-10-16-18-12-3-1-2-4-14(12)20(16)7-5-17(22)19-13-9-15-11(13)6-8-23-15/h1-4,11,13,15,21H,5-10H2,(H,19,22)/t11-,13+,15+/m0/s1. The Morgan fingerprint density at radius 1 is 1.43 bits per heavy atom. The minimum absolute atomic E-state index is 0.0574. The molecule has 1 aromatic carbocycles. The van der Waals surface area contributed by atoms with Gasteiger partial charge in [0, 0.05) is 31.5 Å². The zero-order valence-corrected chi connectivity index (χ0v) is 12.9. The zero-order chi connectivity index (χ0) is 15.8. The number of hydrogen-bond acceptors (Lipinski definition) is 4. The fourth-order valence-corrected chi connectivity index (χ4v) is 3.75. The molecule has 122 valence electrons. The van der Waals surface area contributed by atoms with Gasteiger partial charge in [-0.05, 0) is 25.0 Å². The first kappa shape index (κ1) is 14.7. The van der Waals surface area contributed by atoms with E-state index in [0.717, 1.165) is 30.5 Å². The Balaban J connectivity index is 1.40. The van der Waals surface area contributed by atoms with Crippen molar-refractivity contribution in [3.63, 3.8) is 0 Å². The van der Waals surface area contributed by atoms with E-state index in [9.17, 15) is 9.90 Å². The fourth-order valence-electron chi connectivity index (χ4n) is 3.75. The molecule has 1 aliphatic heterocycles. The van der Waals surface area contributed by atoms with Crippen LogP contribution in [-0.2, 0) is 22.7 Å². The number of amides is 1. The lowest BCUT2D eigenvalue weighted by atomic mass is 9.76. The molecule has 2 N–H and O–H groups in total. The lowest BCUT2D eigenvalue weighted by molar-refractivity contribution is -0.124. The molecule has 1 aromatic heterocycles. The highest BCUT2D eigenvalue weighted by atomic mass is 16.5. The minimum Gasteiger partial charge on any atom is -0.388 e. The summed E-state index contributed by atoms with van der Waals surface area (Å²) in [4.78, 5) is 16.6. The molecule has 0 radical (unpaired) electrons. The molecule has 1 amide bonds. The van der Waals surface area contributed by atoms with Crippen molar-refractivity contribution in [3.05, 3.63) is 30.1 Å². The maximum atomic E-state index is 12.2. The number of nitrogens with zero attached hydrogens (tertiary/aromatic N) is 2. The molecule has 2 aromatic rings. The van der Waals surface area contributed by atoms with Crippen molar-refractivity contribution in [3.8, 4) is 0 Å². The Labute approximate surface area is 134 Å². The Morgan fingerprint density at radius 2 is 2.30 bits per heavy atom. The van der Waals surface area contributed by atoms with Crippen LogP contribution in [0.3, 0.4) is 0 Å². The molecule has 1 saturated heterocycles. The van der Waals surface area contributed by atoms with Crippen molar-refractivity contribution in [2.24, 2.45) is 5.92 Å². The third-order valence-electron chi connectivity index (χ3n) is 5.05. The molecule has 6 heteroatoms. The molecule has 6 nitrogen and oxygen atoms in total. The molecule has 3 atom stereocenters. The van der Waals surface area contributed by atoms with E-state index in [1.165, 1.54) is 0 Å². The third-order valence-corrected chi connectivity index (χ3v) is 5.05. The summed E-state index contributed by atoms with van der Waals surface area (Å²) >= 11 is 0. The molecule has 1 aliphatic carbocycles. The van der Waals surface area contributed by atoms with Crippen LogP contribution in [0.1, 0.15) is 25.1 Å². The summed E-state index contributed by atoms with van der Waals surface area (Å²) in [7, 11) is 0. The molecule has 0 spiro atoms. The summed E-state index contributed by atoms with van der Waals surface area (Å²) < 4.78 is 7.50.